The third kappa shape index (κ3) is 4.69. The molecule has 30 heavy (non-hydrogen) atoms. The first-order valence-electron chi connectivity index (χ1n) is 10.6. The second-order valence-electron chi connectivity index (χ2n) is 9.08. The van der Waals surface area contributed by atoms with Gasteiger partial charge in [0.1, 0.15) is 11.5 Å². The van der Waals surface area contributed by atoms with Crippen molar-refractivity contribution in [3.63, 3.8) is 0 Å². The molecule has 3 rings (SSSR count). The summed E-state index contributed by atoms with van der Waals surface area (Å²) in [4.78, 5) is 1.96. The number of hydrogen-bond donors (Lipinski definition) is 2. The maximum Gasteiger partial charge on any atom is 0.391 e. The van der Waals surface area contributed by atoms with Crippen LogP contribution in [0, 0.1) is 18.8 Å². The van der Waals surface area contributed by atoms with Crippen molar-refractivity contribution in [3.8, 4) is 11.5 Å². The van der Waals surface area contributed by atoms with Gasteiger partial charge in [0.15, 0.2) is 0 Å². The molecule has 2 aliphatic rings. The summed E-state index contributed by atoms with van der Waals surface area (Å²) in [5, 5.41) is 21.9. The number of phenolic OH excluding ortho intramolecular Hbond substituents is 2. The quantitative estimate of drug-likeness (QED) is 0.567. The highest BCUT2D eigenvalue weighted by atomic mass is 19.4. The van der Waals surface area contributed by atoms with Gasteiger partial charge in [0.05, 0.1) is 5.92 Å². The fourth-order valence-corrected chi connectivity index (χ4v) is 4.92. The Hall–Kier alpha value is -1.95. The zero-order valence-corrected chi connectivity index (χ0v) is 18.0. The Morgan fingerprint density at radius 1 is 1.17 bits per heavy atom. The lowest BCUT2D eigenvalue weighted by Gasteiger charge is -2.34. The van der Waals surface area contributed by atoms with Crippen molar-refractivity contribution >= 4 is 0 Å². The van der Waals surface area contributed by atoms with Gasteiger partial charge in [-0.05, 0) is 77.1 Å². The van der Waals surface area contributed by atoms with Crippen LogP contribution in [0.25, 0.3) is 0 Å². The first-order chi connectivity index (χ1) is 14.0. The predicted molar refractivity (Wildman–Crippen MR) is 113 cm³/mol. The zero-order chi connectivity index (χ0) is 22.2. The second kappa shape index (κ2) is 8.66. The first-order valence-corrected chi connectivity index (χ1v) is 10.6. The molecule has 0 radical (unpaired) electrons. The smallest absolute Gasteiger partial charge is 0.391 e. The summed E-state index contributed by atoms with van der Waals surface area (Å²) in [5.74, 6) is -1.15. The highest BCUT2D eigenvalue weighted by Crippen LogP contribution is 2.48. The largest absolute Gasteiger partial charge is 0.507 e. The molecular formula is C24H32F3NO2. The van der Waals surface area contributed by atoms with E-state index in [4.69, 9.17) is 0 Å². The van der Waals surface area contributed by atoms with Crippen LogP contribution in [0.2, 0.25) is 0 Å². The molecule has 0 amide bonds. The number of nitrogens with zero attached hydrogens (tertiary/aromatic N) is 1. The number of halogens is 3. The Labute approximate surface area is 176 Å². The van der Waals surface area contributed by atoms with E-state index in [1.165, 1.54) is 5.57 Å². The second-order valence-corrected chi connectivity index (χ2v) is 9.08. The molecule has 2 atom stereocenters. The van der Waals surface area contributed by atoms with Gasteiger partial charge in [0.2, 0.25) is 0 Å². The highest BCUT2D eigenvalue weighted by Gasteiger charge is 2.41. The van der Waals surface area contributed by atoms with E-state index in [9.17, 15) is 23.4 Å². The standard InChI is InChI=1S/C24H32F3NO2/c1-14(2)18-6-5-15(3)11-19(18)22-21(29)12-16(4)20(23(22)30)13-28-9-7-17(8-10-28)24(25,26)27/h11-12,17-19,29-30H,1,5-10,13H2,2-4H3/t18-,19+/m0/s1. The van der Waals surface area contributed by atoms with Gasteiger partial charge in [-0.25, -0.2) is 0 Å². The number of rotatable bonds is 4. The summed E-state index contributed by atoms with van der Waals surface area (Å²) >= 11 is 0. The van der Waals surface area contributed by atoms with E-state index >= 15 is 0 Å². The highest BCUT2D eigenvalue weighted by molar-refractivity contribution is 5.56. The van der Waals surface area contributed by atoms with Crippen molar-refractivity contribution in [2.24, 2.45) is 11.8 Å². The van der Waals surface area contributed by atoms with Gasteiger partial charge in [-0.15, -0.1) is 0 Å². The van der Waals surface area contributed by atoms with Crippen molar-refractivity contribution in [2.75, 3.05) is 13.1 Å². The molecule has 0 spiro atoms. The molecule has 0 saturated carbocycles. The molecule has 166 valence electrons. The molecule has 0 aromatic heterocycles. The van der Waals surface area contributed by atoms with E-state index in [-0.39, 0.29) is 36.2 Å². The number of allylic oxidation sites excluding steroid dienone is 3. The van der Waals surface area contributed by atoms with E-state index in [1.54, 1.807) is 6.07 Å². The summed E-state index contributed by atoms with van der Waals surface area (Å²) < 4.78 is 38.9. The molecule has 0 unspecified atom stereocenters. The van der Waals surface area contributed by atoms with Gasteiger partial charge < -0.3 is 10.2 Å². The van der Waals surface area contributed by atoms with Crippen molar-refractivity contribution in [1.29, 1.82) is 0 Å². The molecule has 1 aromatic rings. The van der Waals surface area contributed by atoms with Crippen LogP contribution < -0.4 is 0 Å². The number of alkyl halides is 3. The van der Waals surface area contributed by atoms with Crippen LogP contribution >= 0.6 is 0 Å². The third-order valence-electron chi connectivity index (χ3n) is 6.79. The molecule has 1 saturated heterocycles. The van der Waals surface area contributed by atoms with E-state index in [1.807, 2.05) is 18.7 Å². The number of phenols is 2. The van der Waals surface area contributed by atoms with Crippen molar-refractivity contribution in [2.45, 2.75) is 65.1 Å². The molecule has 1 fully saturated rings. The minimum absolute atomic E-state index is 0.0618. The first kappa shape index (κ1) is 22.7. The fourth-order valence-electron chi connectivity index (χ4n) is 4.92. The number of benzene rings is 1. The lowest BCUT2D eigenvalue weighted by Crippen LogP contribution is -2.38. The Balaban J connectivity index is 1.89. The molecule has 3 nitrogen and oxygen atoms in total. The van der Waals surface area contributed by atoms with Gasteiger partial charge >= 0.3 is 6.18 Å². The minimum atomic E-state index is -4.14. The molecule has 6 heteroatoms. The summed E-state index contributed by atoms with van der Waals surface area (Å²) in [7, 11) is 0. The Morgan fingerprint density at radius 2 is 1.80 bits per heavy atom. The summed E-state index contributed by atoms with van der Waals surface area (Å²) in [6.07, 6.45) is -0.00494. The van der Waals surface area contributed by atoms with Gasteiger partial charge in [0.25, 0.3) is 0 Å². The van der Waals surface area contributed by atoms with Crippen molar-refractivity contribution < 1.29 is 23.4 Å². The van der Waals surface area contributed by atoms with Crippen molar-refractivity contribution in [1.82, 2.24) is 4.90 Å². The van der Waals surface area contributed by atoms with Gasteiger partial charge in [-0.2, -0.15) is 13.2 Å². The van der Waals surface area contributed by atoms with Crippen molar-refractivity contribution in [3.05, 3.63) is 46.6 Å². The number of aromatic hydroxyl groups is 2. The molecule has 1 aliphatic carbocycles. The maximum atomic E-state index is 13.0. The molecule has 2 N–H and O–H groups in total. The van der Waals surface area contributed by atoms with Crippen LogP contribution in [-0.4, -0.2) is 34.4 Å². The van der Waals surface area contributed by atoms with Crippen LogP contribution in [0.5, 0.6) is 11.5 Å². The third-order valence-corrected chi connectivity index (χ3v) is 6.79. The summed E-state index contributed by atoms with van der Waals surface area (Å²) in [6, 6.07) is 1.67. The Bertz CT molecular complexity index is 836. The Kier molecular flexibility index (Phi) is 6.56. The molecule has 1 aromatic carbocycles. The lowest BCUT2D eigenvalue weighted by atomic mass is 9.73. The zero-order valence-electron chi connectivity index (χ0n) is 18.0. The van der Waals surface area contributed by atoms with E-state index in [2.05, 4.69) is 19.6 Å². The topological polar surface area (TPSA) is 43.7 Å². The normalized spacial score (nSPS) is 24.0. The summed E-state index contributed by atoms with van der Waals surface area (Å²) in [5.41, 5.74) is 4.17. The van der Waals surface area contributed by atoms with Crippen LogP contribution in [0.1, 0.15) is 62.1 Å². The predicted octanol–water partition coefficient (Wildman–Crippen LogP) is 6.20. The van der Waals surface area contributed by atoms with Gasteiger partial charge in [0, 0.05) is 23.6 Å². The van der Waals surface area contributed by atoms with Crippen LogP contribution in [0.15, 0.2) is 29.9 Å². The number of likely N-dealkylation sites (tertiary alicyclic amines) is 1. The monoisotopic (exact) mass is 423 g/mol. The van der Waals surface area contributed by atoms with Crippen LogP contribution in [0.3, 0.4) is 0 Å². The van der Waals surface area contributed by atoms with E-state index in [0.717, 1.165) is 24.0 Å². The molecule has 0 bridgehead atoms. The number of aryl methyl sites for hydroxylation is 1. The van der Waals surface area contributed by atoms with E-state index in [0.29, 0.717) is 30.8 Å². The van der Waals surface area contributed by atoms with Crippen LogP contribution in [0.4, 0.5) is 13.2 Å². The SMILES string of the molecule is C=C(C)[C@@H]1CCC(C)=C[C@H]1c1c(O)cc(C)c(CN2CCC(C(F)(F)F)CC2)c1O. The molecular weight excluding hydrogens is 391 g/mol. The summed E-state index contributed by atoms with van der Waals surface area (Å²) in [6.45, 7) is 11.0. The average Bonchev–Trinajstić information content (AvgIpc) is 2.64. The molecule has 1 heterocycles. The van der Waals surface area contributed by atoms with Gasteiger partial charge in [-0.1, -0.05) is 23.8 Å². The number of piperidine rings is 1. The minimum Gasteiger partial charge on any atom is -0.507 e. The fraction of sp³-hybridized carbons (Fsp3) is 0.583. The average molecular weight is 424 g/mol. The number of hydrogen-bond acceptors (Lipinski definition) is 3. The maximum absolute atomic E-state index is 13.0. The van der Waals surface area contributed by atoms with Gasteiger partial charge in [-0.3, -0.25) is 4.90 Å². The van der Waals surface area contributed by atoms with Crippen LogP contribution in [-0.2, 0) is 6.54 Å². The van der Waals surface area contributed by atoms with E-state index < -0.39 is 12.1 Å². The lowest BCUT2D eigenvalue weighted by molar-refractivity contribution is -0.185. The Morgan fingerprint density at radius 3 is 2.37 bits per heavy atom. The molecule has 1 aliphatic heterocycles.